The number of ether oxygens (including phenoxy) is 4. The quantitative estimate of drug-likeness (QED) is 0.143. The molecule has 1 saturated carbocycles. The molecule has 0 heterocycles. The van der Waals surface area contributed by atoms with Crippen LogP contribution in [0.25, 0.3) is 0 Å². The molecule has 1 aliphatic rings. The van der Waals surface area contributed by atoms with Gasteiger partial charge in [0.1, 0.15) is 12.2 Å². The summed E-state index contributed by atoms with van der Waals surface area (Å²) in [5, 5.41) is 0. The number of hydrogen-bond donors (Lipinski definition) is 0. The fourth-order valence-corrected chi connectivity index (χ4v) is 4.29. The molecule has 0 aromatic rings. The molecule has 1 rings (SSSR count). The Bertz CT molecular complexity index is 511. The van der Waals surface area contributed by atoms with Gasteiger partial charge in [-0.25, -0.2) is 9.59 Å². The van der Waals surface area contributed by atoms with Crippen molar-refractivity contribution in [1.82, 2.24) is 0 Å². The molecule has 34 heavy (non-hydrogen) atoms. The van der Waals surface area contributed by atoms with Gasteiger partial charge in [-0.15, -0.1) is 0 Å². The minimum absolute atomic E-state index is 0.157. The lowest BCUT2D eigenvalue weighted by Gasteiger charge is -2.27. The molecule has 6 nitrogen and oxygen atoms in total. The summed E-state index contributed by atoms with van der Waals surface area (Å²) in [6.45, 7) is 9.86. The molecular weight excluding hydrogens is 432 g/mol. The summed E-state index contributed by atoms with van der Waals surface area (Å²) in [5.74, 6) is 1.55. The lowest BCUT2D eigenvalue weighted by molar-refractivity contribution is -0.0271. The summed E-state index contributed by atoms with van der Waals surface area (Å²) in [4.78, 5) is 23.8. The Kier molecular flexibility index (Phi) is 17.8. The van der Waals surface area contributed by atoms with E-state index in [1.807, 2.05) is 0 Å². The number of carbonyl (C=O) groups excluding carboxylic acids is 2. The van der Waals surface area contributed by atoms with Crippen molar-refractivity contribution in [3.63, 3.8) is 0 Å². The lowest BCUT2D eigenvalue weighted by Crippen LogP contribution is -2.30. The van der Waals surface area contributed by atoms with Gasteiger partial charge in [-0.1, -0.05) is 91.9 Å². The smallest absolute Gasteiger partial charge is 0.434 e. The summed E-state index contributed by atoms with van der Waals surface area (Å²) in [7, 11) is 0. The first-order valence-corrected chi connectivity index (χ1v) is 14.0. The predicted molar refractivity (Wildman–Crippen MR) is 136 cm³/mol. The Morgan fingerprint density at radius 2 is 0.882 bits per heavy atom. The second kappa shape index (κ2) is 19.8. The Morgan fingerprint density at radius 1 is 0.559 bits per heavy atom. The SMILES string of the molecule is CC(C)CCCCCCCCOC(=O)OC1CCC(OC(=O)OCCCCCCC(C)C)CC1. The monoisotopic (exact) mass is 484 g/mol. The van der Waals surface area contributed by atoms with Crippen molar-refractivity contribution < 1.29 is 28.5 Å². The zero-order valence-corrected chi connectivity index (χ0v) is 22.5. The maximum Gasteiger partial charge on any atom is 0.508 e. The molecule has 1 aliphatic carbocycles. The molecule has 6 heteroatoms. The number of rotatable bonds is 18. The van der Waals surface area contributed by atoms with E-state index in [1.165, 1.54) is 51.4 Å². The van der Waals surface area contributed by atoms with Gasteiger partial charge in [0, 0.05) is 0 Å². The van der Waals surface area contributed by atoms with Crippen LogP contribution in [0.2, 0.25) is 0 Å². The van der Waals surface area contributed by atoms with Gasteiger partial charge in [0.2, 0.25) is 0 Å². The molecule has 200 valence electrons. The molecular formula is C28H52O6. The fraction of sp³-hybridized carbons (Fsp3) is 0.929. The van der Waals surface area contributed by atoms with Crippen LogP contribution in [0.15, 0.2) is 0 Å². The first kappa shape index (κ1) is 30.6. The Morgan fingerprint density at radius 3 is 1.24 bits per heavy atom. The summed E-state index contributed by atoms with van der Waals surface area (Å²) in [5.41, 5.74) is 0. The zero-order chi connectivity index (χ0) is 25.0. The van der Waals surface area contributed by atoms with Crippen LogP contribution < -0.4 is 0 Å². The van der Waals surface area contributed by atoms with Crippen LogP contribution in [0.3, 0.4) is 0 Å². The van der Waals surface area contributed by atoms with Crippen molar-refractivity contribution in [3.05, 3.63) is 0 Å². The highest BCUT2D eigenvalue weighted by molar-refractivity contribution is 5.60. The molecule has 0 atom stereocenters. The minimum Gasteiger partial charge on any atom is -0.434 e. The van der Waals surface area contributed by atoms with Crippen molar-refractivity contribution in [2.45, 2.75) is 143 Å². The summed E-state index contributed by atoms with van der Waals surface area (Å²) < 4.78 is 21.2. The van der Waals surface area contributed by atoms with Gasteiger partial charge >= 0.3 is 12.3 Å². The Labute approximate surface area is 208 Å². The van der Waals surface area contributed by atoms with Gasteiger partial charge in [-0.3, -0.25) is 0 Å². The molecule has 0 aromatic carbocycles. The summed E-state index contributed by atoms with van der Waals surface area (Å²) in [6, 6.07) is 0. The van der Waals surface area contributed by atoms with Crippen molar-refractivity contribution in [3.8, 4) is 0 Å². The van der Waals surface area contributed by atoms with E-state index in [-0.39, 0.29) is 12.2 Å². The standard InChI is InChI=1S/C28H52O6/c1-23(2)15-11-7-5-6-9-13-21-31-27(29)33-25-17-19-26(20-18-25)34-28(30)32-22-14-10-8-12-16-24(3)4/h23-26H,5-22H2,1-4H3. The summed E-state index contributed by atoms with van der Waals surface area (Å²) >= 11 is 0. The third-order valence-corrected chi connectivity index (χ3v) is 6.44. The zero-order valence-electron chi connectivity index (χ0n) is 22.5. The molecule has 0 amide bonds. The molecule has 0 N–H and O–H groups in total. The van der Waals surface area contributed by atoms with Crippen LogP contribution in [0, 0.1) is 11.8 Å². The van der Waals surface area contributed by atoms with E-state index in [0.717, 1.165) is 37.5 Å². The average molecular weight is 485 g/mol. The van der Waals surface area contributed by atoms with Crippen LogP contribution in [0.4, 0.5) is 9.59 Å². The first-order chi connectivity index (χ1) is 16.4. The lowest BCUT2D eigenvalue weighted by atomic mass is 9.95. The molecule has 0 unspecified atom stereocenters. The predicted octanol–water partition coefficient (Wildman–Crippen LogP) is 8.60. The number of hydrogen-bond acceptors (Lipinski definition) is 6. The molecule has 0 radical (unpaired) electrons. The van der Waals surface area contributed by atoms with Crippen molar-refractivity contribution >= 4 is 12.3 Å². The molecule has 0 saturated heterocycles. The van der Waals surface area contributed by atoms with Gasteiger partial charge < -0.3 is 18.9 Å². The molecule has 0 aliphatic heterocycles. The van der Waals surface area contributed by atoms with E-state index in [4.69, 9.17) is 18.9 Å². The third-order valence-electron chi connectivity index (χ3n) is 6.44. The summed E-state index contributed by atoms with van der Waals surface area (Å²) in [6.07, 6.45) is 15.2. The second-order valence-electron chi connectivity index (χ2n) is 10.7. The van der Waals surface area contributed by atoms with Crippen LogP contribution in [0.5, 0.6) is 0 Å². The van der Waals surface area contributed by atoms with E-state index in [9.17, 15) is 9.59 Å². The number of carbonyl (C=O) groups is 2. The largest absolute Gasteiger partial charge is 0.508 e. The van der Waals surface area contributed by atoms with Gasteiger partial charge in [-0.05, 0) is 50.4 Å². The second-order valence-corrected chi connectivity index (χ2v) is 10.7. The highest BCUT2D eigenvalue weighted by Gasteiger charge is 2.27. The maximum absolute atomic E-state index is 11.9. The van der Waals surface area contributed by atoms with Gasteiger partial charge in [0.25, 0.3) is 0 Å². The molecule has 0 aromatic heterocycles. The molecule has 0 bridgehead atoms. The van der Waals surface area contributed by atoms with Crippen LogP contribution in [0.1, 0.15) is 130 Å². The van der Waals surface area contributed by atoms with E-state index < -0.39 is 12.3 Å². The highest BCUT2D eigenvalue weighted by Crippen LogP contribution is 2.24. The minimum atomic E-state index is -0.578. The van der Waals surface area contributed by atoms with Crippen molar-refractivity contribution in [2.75, 3.05) is 13.2 Å². The van der Waals surface area contributed by atoms with Crippen LogP contribution >= 0.6 is 0 Å². The van der Waals surface area contributed by atoms with Gasteiger partial charge in [0.05, 0.1) is 13.2 Å². The highest BCUT2D eigenvalue weighted by atomic mass is 16.7. The van der Waals surface area contributed by atoms with E-state index in [1.54, 1.807) is 0 Å². The molecule has 1 fully saturated rings. The van der Waals surface area contributed by atoms with Crippen LogP contribution in [-0.2, 0) is 18.9 Å². The van der Waals surface area contributed by atoms with Crippen molar-refractivity contribution in [1.29, 1.82) is 0 Å². The maximum atomic E-state index is 11.9. The Hall–Kier alpha value is -1.46. The topological polar surface area (TPSA) is 71.1 Å². The average Bonchev–Trinajstić information content (AvgIpc) is 2.78. The normalized spacial score (nSPS) is 18.2. The van der Waals surface area contributed by atoms with E-state index in [2.05, 4.69) is 27.7 Å². The van der Waals surface area contributed by atoms with Gasteiger partial charge in [-0.2, -0.15) is 0 Å². The number of unbranched alkanes of at least 4 members (excludes halogenated alkanes) is 8. The van der Waals surface area contributed by atoms with Crippen LogP contribution in [-0.4, -0.2) is 37.7 Å². The van der Waals surface area contributed by atoms with Crippen molar-refractivity contribution in [2.24, 2.45) is 11.8 Å². The first-order valence-electron chi connectivity index (χ1n) is 14.0. The van der Waals surface area contributed by atoms with Gasteiger partial charge in [0.15, 0.2) is 0 Å². The third kappa shape index (κ3) is 17.9. The Balaban J connectivity index is 1.96. The van der Waals surface area contributed by atoms with E-state index >= 15 is 0 Å². The fourth-order valence-electron chi connectivity index (χ4n) is 4.29. The molecule has 0 spiro atoms. The van der Waals surface area contributed by atoms with E-state index in [0.29, 0.717) is 38.9 Å².